The second-order valence-electron chi connectivity index (χ2n) is 4.40. The molecule has 3 heterocycles. The standard InChI is InChI=1S/C13H10BrN5O2/c1-18-5-4-8(6-11(18)20)12(21)16-13-15-10-3-2-9(14)7-19(10)17-13/h2-7H,1H3,(H,16,17,21). The summed E-state index contributed by atoms with van der Waals surface area (Å²) in [7, 11) is 1.62. The first-order valence-corrected chi connectivity index (χ1v) is 6.82. The molecule has 0 saturated heterocycles. The fourth-order valence-electron chi connectivity index (χ4n) is 1.77. The van der Waals surface area contributed by atoms with Crippen LogP contribution in [0.25, 0.3) is 5.65 Å². The van der Waals surface area contributed by atoms with Gasteiger partial charge in [-0.1, -0.05) is 0 Å². The molecule has 0 fully saturated rings. The number of hydrogen-bond donors (Lipinski definition) is 1. The minimum atomic E-state index is -0.428. The third kappa shape index (κ3) is 2.70. The van der Waals surface area contributed by atoms with E-state index in [1.807, 2.05) is 6.07 Å². The third-order valence-corrected chi connectivity index (χ3v) is 3.36. The van der Waals surface area contributed by atoms with Gasteiger partial charge in [0.15, 0.2) is 5.65 Å². The van der Waals surface area contributed by atoms with E-state index < -0.39 is 5.91 Å². The Kier molecular flexibility index (Phi) is 3.30. The highest BCUT2D eigenvalue weighted by Gasteiger charge is 2.11. The molecule has 0 saturated carbocycles. The summed E-state index contributed by atoms with van der Waals surface area (Å²) in [5.74, 6) is -0.249. The van der Waals surface area contributed by atoms with Crippen molar-refractivity contribution >= 4 is 33.4 Å². The number of fused-ring (bicyclic) bond motifs is 1. The van der Waals surface area contributed by atoms with Gasteiger partial charge in [0.1, 0.15) is 0 Å². The maximum atomic E-state index is 12.1. The summed E-state index contributed by atoms with van der Waals surface area (Å²) >= 11 is 3.33. The molecule has 7 nitrogen and oxygen atoms in total. The summed E-state index contributed by atoms with van der Waals surface area (Å²) in [6, 6.07) is 6.42. The van der Waals surface area contributed by atoms with Crippen molar-refractivity contribution in [2.45, 2.75) is 0 Å². The van der Waals surface area contributed by atoms with Crippen LogP contribution in [0.3, 0.4) is 0 Å². The van der Waals surface area contributed by atoms with E-state index in [0.29, 0.717) is 5.65 Å². The maximum Gasteiger partial charge on any atom is 0.258 e. The Morgan fingerprint density at radius 1 is 1.33 bits per heavy atom. The summed E-state index contributed by atoms with van der Waals surface area (Å²) in [6.07, 6.45) is 3.27. The first kappa shape index (κ1) is 13.5. The zero-order valence-corrected chi connectivity index (χ0v) is 12.5. The van der Waals surface area contributed by atoms with Gasteiger partial charge >= 0.3 is 0 Å². The summed E-state index contributed by atoms with van der Waals surface area (Å²) < 4.78 is 3.78. The number of aromatic nitrogens is 4. The van der Waals surface area contributed by atoms with Crippen molar-refractivity contribution in [3.05, 3.63) is 57.0 Å². The van der Waals surface area contributed by atoms with E-state index in [4.69, 9.17) is 0 Å². The van der Waals surface area contributed by atoms with Gasteiger partial charge in [0.25, 0.3) is 11.5 Å². The number of amides is 1. The van der Waals surface area contributed by atoms with Crippen LogP contribution in [-0.2, 0) is 7.05 Å². The second-order valence-corrected chi connectivity index (χ2v) is 5.32. The minimum Gasteiger partial charge on any atom is -0.319 e. The fourth-order valence-corrected chi connectivity index (χ4v) is 2.10. The topological polar surface area (TPSA) is 81.3 Å². The average Bonchev–Trinajstić information content (AvgIpc) is 2.83. The number of carbonyl (C=O) groups is 1. The molecule has 0 atom stereocenters. The molecule has 3 rings (SSSR count). The van der Waals surface area contributed by atoms with E-state index in [9.17, 15) is 9.59 Å². The van der Waals surface area contributed by atoms with Crippen LogP contribution in [0.5, 0.6) is 0 Å². The van der Waals surface area contributed by atoms with Crippen molar-refractivity contribution in [1.82, 2.24) is 19.2 Å². The van der Waals surface area contributed by atoms with E-state index in [1.165, 1.54) is 16.8 Å². The Morgan fingerprint density at radius 3 is 2.90 bits per heavy atom. The average molecular weight is 348 g/mol. The molecule has 0 aromatic carbocycles. The second kappa shape index (κ2) is 5.13. The summed E-state index contributed by atoms with van der Waals surface area (Å²) in [5.41, 5.74) is 0.616. The number of nitrogens with zero attached hydrogens (tertiary/aromatic N) is 4. The molecule has 0 aliphatic rings. The van der Waals surface area contributed by atoms with Crippen LogP contribution in [0.4, 0.5) is 5.95 Å². The molecule has 3 aromatic heterocycles. The van der Waals surface area contributed by atoms with Crippen LogP contribution in [0, 0.1) is 0 Å². The largest absolute Gasteiger partial charge is 0.319 e. The number of hydrogen-bond acceptors (Lipinski definition) is 4. The van der Waals surface area contributed by atoms with Gasteiger partial charge in [0.05, 0.1) is 0 Å². The highest BCUT2D eigenvalue weighted by molar-refractivity contribution is 9.10. The summed E-state index contributed by atoms with van der Waals surface area (Å²) in [6.45, 7) is 0. The lowest BCUT2D eigenvalue weighted by Gasteiger charge is -2.01. The fraction of sp³-hybridized carbons (Fsp3) is 0.0769. The van der Waals surface area contributed by atoms with Gasteiger partial charge in [-0.15, -0.1) is 5.10 Å². The smallest absolute Gasteiger partial charge is 0.258 e. The Labute approximate surface area is 127 Å². The van der Waals surface area contributed by atoms with Crippen LogP contribution in [-0.4, -0.2) is 25.1 Å². The summed E-state index contributed by atoms with van der Waals surface area (Å²) in [5, 5.41) is 6.71. The van der Waals surface area contributed by atoms with Crippen LogP contribution >= 0.6 is 15.9 Å². The molecule has 0 aliphatic carbocycles. The predicted molar refractivity (Wildman–Crippen MR) is 80.3 cm³/mol. The van der Waals surface area contributed by atoms with Crippen LogP contribution in [0.2, 0.25) is 0 Å². The molecule has 0 spiro atoms. The van der Waals surface area contributed by atoms with E-state index >= 15 is 0 Å². The SMILES string of the molecule is Cn1ccc(C(=O)Nc2nc3ccc(Br)cn3n2)cc1=O. The van der Waals surface area contributed by atoms with E-state index in [0.717, 1.165) is 4.47 Å². The van der Waals surface area contributed by atoms with Gasteiger partial charge in [-0.05, 0) is 34.1 Å². The highest BCUT2D eigenvalue weighted by Crippen LogP contribution is 2.12. The van der Waals surface area contributed by atoms with Gasteiger partial charge < -0.3 is 4.57 Å². The highest BCUT2D eigenvalue weighted by atomic mass is 79.9. The van der Waals surface area contributed by atoms with Gasteiger partial charge in [-0.25, -0.2) is 4.52 Å². The number of aryl methyl sites for hydroxylation is 1. The van der Waals surface area contributed by atoms with Gasteiger partial charge in [0.2, 0.25) is 5.95 Å². The lowest BCUT2D eigenvalue weighted by molar-refractivity contribution is 0.102. The number of halogens is 1. The quantitative estimate of drug-likeness (QED) is 0.760. The van der Waals surface area contributed by atoms with Crippen molar-refractivity contribution in [2.24, 2.45) is 7.05 Å². The van der Waals surface area contributed by atoms with Crippen molar-refractivity contribution in [2.75, 3.05) is 5.32 Å². The third-order valence-electron chi connectivity index (χ3n) is 2.89. The Bertz CT molecular complexity index is 899. The molecule has 1 N–H and O–H groups in total. The maximum absolute atomic E-state index is 12.1. The van der Waals surface area contributed by atoms with Crippen molar-refractivity contribution < 1.29 is 4.79 Å². The van der Waals surface area contributed by atoms with Gasteiger partial charge in [0, 0.05) is 35.5 Å². The van der Waals surface area contributed by atoms with E-state index in [1.54, 1.807) is 29.9 Å². The molecule has 106 valence electrons. The predicted octanol–water partition coefficient (Wildman–Crippen LogP) is 1.44. The number of nitrogens with one attached hydrogen (secondary N) is 1. The van der Waals surface area contributed by atoms with Crippen LogP contribution < -0.4 is 10.9 Å². The molecular weight excluding hydrogens is 338 g/mol. The lowest BCUT2D eigenvalue weighted by Crippen LogP contribution is -2.20. The van der Waals surface area contributed by atoms with Crippen molar-refractivity contribution in [3.8, 4) is 0 Å². The lowest BCUT2D eigenvalue weighted by atomic mass is 10.2. The monoisotopic (exact) mass is 347 g/mol. The van der Waals surface area contributed by atoms with Crippen molar-refractivity contribution in [3.63, 3.8) is 0 Å². The van der Waals surface area contributed by atoms with Crippen molar-refractivity contribution in [1.29, 1.82) is 0 Å². The molecule has 0 aliphatic heterocycles. The molecule has 0 unspecified atom stereocenters. The number of pyridine rings is 2. The molecule has 3 aromatic rings. The van der Waals surface area contributed by atoms with E-state index in [-0.39, 0.29) is 17.1 Å². The van der Waals surface area contributed by atoms with Crippen LogP contribution in [0.1, 0.15) is 10.4 Å². The van der Waals surface area contributed by atoms with Crippen LogP contribution in [0.15, 0.2) is 45.9 Å². The molecule has 21 heavy (non-hydrogen) atoms. The van der Waals surface area contributed by atoms with Gasteiger partial charge in [-0.3, -0.25) is 14.9 Å². The zero-order valence-electron chi connectivity index (χ0n) is 10.9. The first-order chi connectivity index (χ1) is 10.0. The minimum absolute atomic E-state index is 0.179. The Morgan fingerprint density at radius 2 is 2.14 bits per heavy atom. The number of anilines is 1. The normalized spacial score (nSPS) is 10.8. The first-order valence-electron chi connectivity index (χ1n) is 6.03. The zero-order chi connectivity index (χ0) is 15.0. The number of rotatable bonds is 2. The summed E-state index contributed by atoms with van der Waals surface area (Å²) in [4.78, 5) is 27.8. The van der Waals surface area contributed by atoms with Gasteiger partial charge in [-0.2, -0.15) is 4.98 Å². The molecule has 8 heteroatoms. The van der Waals surface area contributed by atoms with E-state index in [2.05, 4.69) is 31.3 Å². The Balaban J connectivity index is 1.88. The molecular formula is C13H10BrN5O2. The Hall–Kier alpha value is -2.48. The number of carbonyl (C=O) groups excluding carboxylic acids is 1. The molecule has 1 amide bonds. The molecule has 0 bridgehead atoms. The molecule has 0 radical (unpaired) electrons.